The van der Waals surface area contributed by atoms with E-state index in [0.29, 0.717) is 0 Å². The average molecular weight is 551 g/mol. The number of hydrogen-bond acceptors (Lipinski definition) is 10. The average Bonchev–Trinajstić information content (AvgIpc) is 3.08. The Hall–Kier alpha value is -3.24. The zero-order valence-corrected chi connectivity index (χ0v) is 22.1. The van der Waals surface area contributed by atoms with Crippen molar-refractivity contribution in [3.8, 4) is 17.6 Å². The maximum Gasteiger partial charge on any atom is 0.459 e. The van der Waals surface area contributed by atoms with E-state index in [2.05, 4.69) is 16.9 Å². The fraction of sp³-hybridized carbons (Fsp3) is 0.458. The van der Waals surface area contributed by atoms with Crippen molar-refractivity contribution in [2.45, 2.75) is 63.9 Å². The van der Waals surface area contributed by atoms with E-state index in [1.807, 2.05) is 4.98 Å². The third-order valence-corrected chi connectivity index (χ3v) is 6.99. The van der Waals surface area contributed by atoms with Gasteiger partial charge in [0.25, 0.3) is 5.56 Å². The van der Waals surface area contributed by atoms with Gasteiger partial charge in [0.1, 0.15) is 24.0 Å². The van der Waals surface area contributed by atoms with E-state index in [0.717, 1.165) is 16.8 Å². The van der Waals surface area contributed by atoms with E-state index in [4.69, 9.17) is 18.5 Å². The van der Waals surface area contributed by atoms with Crippen LogP contribution >= 0.6 is 7.75 Å². The lowest BCUT2D eigenvalue weighted by molar-refractivity contribution is -0.149. The number of H-pyrrole nitrogens is 1. The molecule has 38 heavy (non-hydrogen) atoms. The summed E-state index contributed by atoms with van der Waals surface area (Å²) in [6.45, 7) is 5.51. The number of aliphatic hydroxyl groups is 2. The largest absolute Gasteiger partial charge is 0.462 e. The predicted octanol–water partition coefficient (Wildman–Crippen LogP) is 0.683. The number of nitrogens with one attached hydrogen (secondary N) is 2. The van der Waals surface area contributed by atoms with Crippen LogP contribution in [0.25, 0.3) is 0 Å². The highest BCUT2D eigenvalue weighted by molar-refractivity contribution is 7.52. The zero-order valence-electron chi connectivity index (χ0n) is 21.2. The molecule has 1 fully saturated rings. The molecule has 206 valence electrons. The lowest BCUT2D eigenvalue weighted by Gasteiger charge is -2.26. The molecule has 0 radical (unpaired) electrons. The molecule has 3 rings (SSSR count). The van der Waals surface area contributed by atoms with Crippen LogP contribution in [0.15, 0.2) is 52.2 Å². The molecule has 1 aromatic heterocycles. The van der Waals surface area contributed by atoms with Crippen LogP contribution in [0, 0.1) is 11.8 Å². The van der Waals surface area contributed by atoms with Crippen molar-refractivity contribution >= 4 is 13.7 Å². The van der Waals surface area contributed by atoms with Gasteiger partial charge in [-0.05, 0) is 39.8 Å². The number of carbonyl (C=O) groups is 1. The molecular weight excluding hydrogens is 521 g/mol. The zero-order chi connectivity index (χ0) is 28.1. The predicted molar refractivity (Wildman–Crippen MR) is 134 cm³/mol. The fourth-order valence-corrected chi connectivity index (χ4v) is 5.14. The normalized spacial score (nSPS) is 25.2. The number of esters is 1. The SMILES string of the molecule is CC#C[C@@]1(O)[C@H](O)[C@@H](COP(=O)(N[C@@H](C)C(=O)OC(C)C)Oc2ccccc2)O[C@H]1n1ccc(=O)[nH]c1=O. The maximum absolute atomic E-state index is 13.7. The van der Waals surface area contributed by atoms with Crippen molar-refractivity contribution < 1.29 is 38.1 Å². The van der Waals surface area contributed by atoms with Crippen molar-refractivity contribution in [1.29, 1.82) is 0 Å². The van der Waals surface area contributed by atoms with Gasteiger partial charge in [0, 0.05) is 12.3 Å². The van der Waals surface area contributed by atoms with Gasteiger partial charge in [0.15, 0.2) is 11.8 Å². The molecule has 2 aromatic rings. The molecule has 0 spiro atoms. The lowest BCUT2D eigenvalue weighted by Crippen LogP contribution is -2.48. The number of rotatable bonds is 10. The molecular formula is C24H30N3O10P. The molecule has 0 bridgehead atoms. The lowest BCUT2D eigenvalue weighted by atomic mass is 9.94. The third-order valence-electron chi connectivity index (χ3n) is 5.35. The first-order valence-electron chi connectivity index (χ1n) is 11.7. The van der Waals surface area contributed by atoms with Crippen LogP contribution in [0.1, 0.15) is 33.9 Å². The first kappa shape index (κ1) is 29.3. The molecule has 1 aliphatic rings. The minimum absolute atomic E-state index is 0.159. The number of carbonyl (C=O) groups excluding carboxylic acids is 1. The van der Waals surface area contributed by atoms with Crippen molar-refractivity contribution in [2.75, 3.05) is 6.61 Å². The van der Waals surface area contributed by atoms with Gasteiger partial charge in [0.2, 0.25) is 0 Å². The van der Waals surface area contributed by atoms with Gasteiger partial charge < -0.3 is 24.2 Å². The van der Waals surface area contributed by atoms with Crippen LogP contribution in [0.5, 0.6) is 5.75 Å². The van der Waals surface area contributed by atoms with Gasteiger partial charge in [0.05, 0.1) is 12.7 Å². The summed E-state index contributed by atoms with van der Waals surface area (Å²) in [4.78, 5) is 38.2. The summed E-state index contributed by atoms with van der Waals surface area (Å²) in [5.41, 5.74) is -3.88. The van der Waals surface area contributed by atoms with Gasteiger partial charge in [-0.2, -0.15) is 5.09 Å². The molecule has 1 aliphatic heterocycles. The van der Waals surface area contributed by atoms with Crippen LogP contribution < -0.4 is 20.9 Å². The van der Waals surface area contributed by atoms with E-state index in [1.54, 1.807) is 32.0 Å². The van der Waals surface area contributed by atoms with Gasteiger partial charge in [-0.15, -0.1) is 5.92 Å². The Labute approximate surface area is 218 Å². The highest BCUT2D eigenvalue weighted by Gasteiger charge is 2.56. The summed E-state index contributed by atoms with van der Waals surface area (Å²) in [7, 11) is -4.31. The second kappa shape index (κ2) is 12.1. The number of ether oxygens (including phenoxy) is 2. The van der Waals surface area contributed by atoms with E-state index in [9.17, 15) is 29.2 Å². The first-order chi connectivity index (χ1) is 17.9. The summed E-state index contributed by atoms with van der Waals surface area (Å²) in [6, 6.07) is 7.94. The molecule has 1 saturated heterocycles. The second-order valence-corrected chi connectivity index (χ2v) is 10.4. The smallest absolute Gasteiger partial charge is 0.459 e. The molecule has 0 amide bonds. The summed E-state index contributed by atoms with van der Waals surface area (Å²) >= 11 is 0. The molecule has 4 N–H and O–H groups in total. The Morgan fingerprint density at radius 2 is 1.95 bits per heavy atom. The minimum atomic E-state index is -4.31. The van der Waals surface area contributed by atoms with Gasteiger partial charge in [-0.3, -0.25) is 23.7 Å². The topological polar surface area (TPSA) is 178 Å². The first-order valence-corrected chi connectivity index (χ1v) is 13.2. The summed E-state index contributed by atoms with van der Waals surface area (Å²) in [6.07, 6.45) is -4.00. The van der Waals surface area contributed by atoms with Crippen LogP contribution in [0.3, 0.4) is 0 Å². The third kappa shape index (κ3) is 6.79. The van der Waals surface area contributed by atoms with Crippen LogP contribution in [0.2, 0.25) is 0 Å². The van der Waals surface area contributed by atoms with Gasteiger partial charge >= 0.3 is 19.4 Å². The molecule has 0 saturated carbocycles. The Kier molecular flexibility index (Phi) is 9.32. The highest BCUT2D eigenvalue weighted by atomic mass is 31.2. The van der Waals surface area contributed by atoms with Crippen LogP contribution in [-0.4, -0.2) is 62.3 Å². The molecule has 1 unspecified atom stereocenters. The number of aromatic nitrogens is 2. The number of hydrogen-bond donors (Lipinski definition) is 4. The number of aliphatic hydroxyl groups excluding tert-OH is 1. The molecule has 2 heterocycles. The summed E-state index contributed by atoms with van der Waals surface area (Å²) < 4.78 is 36.5. The van der Waals surface area contributed by atoms with E-state index in [1.165, 1.54) is 26.0 Å². The Bertz CT molecular complexity index is 1350. The minimum Gasteiger partial charge on any atom is -0.462 e. The number of benzene rings is 1. The van der Waals surface area contributed by atoms with E-state index < -0.39 is 67.8 Å². The second-order valence-electron chi connectivity index (χ2n) is 8.72. The summed E-state index contributed by atoms with van der Waals surface area (Å²) in [5, 5.41) is 24.6. The molecule has 1 aromatic carbocycles. The van der Waals surface area contributed by atoms with Crippen molar-refractivity contribution in [3.63, 3.8) is 0 Å². The fourth-order valence-electron chi connectivity index (χ4n) is 3.64. The number of nitrogens with zero attached hydrogens (tertiary/aromatic N) is 1. The molecule has 6 atom stereocenters. The molecule has 0 aliphatic carbocycles. The summed E-state index contributed by atoms with van der Waals surface area (Å²) in [5.74, 6) is 4.37. The van der Waals surface area contributed by atoms with Crippen molar-refractivity contribution in [2.24, 2.45) is 0 Å². The van der Waals surface area contributed by atoms with E-state index >= 15 is 0 Å². The maximum atomic E-state index is 13.7. The number of aromatic amines is 1. The number of para-hydroxylation sites is 1. The Morgan fingerprint density at radius 3 is 2.55 bits per heavy atom. The standard InChI is InChI=1S/C24H30N3O10P/c1-5-12-24(32)20(29)18(36-22(24)27-13-11-19(28)25-23(27)31)14-34-38(33,37-17-9-7-6-8-10-17)26-16(4)21(30)35-15(2)3/h6-11,13,15-16,18,20,22,29,32H,14H2,1-4H3,(H,26,33)(H,25,28,31)/t16-,18+,20+,22+,24+,38?/m0/s1. The van der Waals surface area contributed by atoms with Crippen molar-refractivity contribution in [1.82, 2.24) is 14.6 Å². The highest BCUT2D eigenvalue weighted by Crippen LogP contribution is 2.46. The van der Waals surface area contributed by atoms with Crippen LogP contribution in [0.4, 0.5) is 0 Å². The van der Waals surface area contributed by atoms with E-state index in [-0.39, 0.29) is 5.75 Å². The Morgan fingerprint density at radius 1 is 1.26 bits per heavy atom. The quantitative estimate of drug-likeness (QED) is 0.185. The van der Waals surface area contributed by atoms with Crippen LogP contribution in [-0.2, 0) is 23.4 Å². The van der Waals surface area contributed by atoms with Crippen molar-refractivity contribution in [3.05, 3.63) is 63.4 Å². The molecule has 14 heteroatoms. The monoisotopic (exact) mass is 551 g/mol. The van der Waals surface area contributed by atoms with Gasteiger partial charge in [-0.1, -0.05) is 24.1 Å². The Balaban J connectivity index is 1.86. The molecule has 13 nitrogen and oxygen atoms in total. The van der Waals surface area contributed by atoms with Gasteiger partial charge in [-0.25, -0.2) is 9.36 Å².